The van der Waals surface area contributed by atoms with E-state index in [0.717, 1.165) is 32.7 Å². The van der Waals surface area contributed by atoms with Gasteiger partial charge >= 0.3 is 0 Å². The number of pyridine rings is 1. The van der Waals surface area contributed by atoms with E-state index in [9.17, 15) is 0 Å². The van der Waals surface area contributed by atoms with Gasteiger partial charge in [0, 0.05) is 50.8 Å². The summed E-state index contributed by atoms with van der Waals surface area (Å²) in [6, 6.07) is 13.0. The molecule has 1 aliphatic heterocycles. The van der Waals surface area contributed by atoms with Crippen molar-refractivity contribution < 1.29 is 0 Å². The summed E-state index contributed by atoms with van der Waals surface area (Å²) in [6.45, 7) is 11.3. The van der Waals surface area contributed by atoms with Crippen molar-refractivity contribution in [1.82, 2.24) is 14.8 Å². The molecule has 24 heavy (non-hydrogen) atoms. The minimum absolute atomic E-state index is 0.924. The van der Waals surface area contributed by atoms with Crippen molar-refractivity contribution in [3.8, 4) is 0 Å². The summed E-state index contributed by atoms with van der Waals surface area (Å²) in [4.78, 5) is 8.93. The first-order valence-corrected chi connectivity index (χ1v) is 8.50. The molecule has 0 radical (unpaired) electrons. The van der Waals surface area contributed by atoms with E-state index < -0.39 is 0 Å². The van der Waals surface area contributed by atoms with Crippen molar-refractivity contribution in [3.05, 3.63) is 83.8 Å². The third kappa shape index (κ3) is 4.33. The molecule has 0 saturated carbocycles. The number of aromatic nitrogens is 1. The average molecular weight is 319 g/mol. The predicted octanol–water partition coefficient (Wildman–Crippen LogP) is 3.95. The molecule has 3 heteroatoms. The predicted molar refractivity (Wildman–Crippen MR) is 100 cm³/mol. The SMILES string of the molecule is C=C1CN(Cc2ccc(C=CC)cc2)CCN1Cc1ccncc1. The monoisotopic (exact) mass is 319 g/mol. The van der Waals surface area contributed by atoms with E-state index in [-0.39, 0.29) is 0 Å². The summed E-state index contributed by atoms with van der Waals surface area (Å²) in [5.74, 6) is 0. The van der Waals surface area contributed by atoms with Crippen LogP contribution in [0.3, 0.4) is 0 Å². The highest BCUT2D eigenvalue weighted by molar-refractivity contribution is 5.49. The third-order valence-corrected chi connectivity index (χ3v) is 4.41. The van der Waals surface area contributed by atoms with Crippen molar-refractivity contribution in [2.75, 3.05) is 19.6 Å². The van der Waals surface area contributed by atoms with Crippen LogP contribution in [0.4, 0.5) is 0 Å². The first kappa shape index (κ1) is 16.5. The molecule has 3 nitrogen and oxygen atoms in total. The van der Waals surface area contributed by atoms with Crippen LogP contribution in [0.2, 0.25) is 0 Å². The van der Waals surface area contributed by atoms with Crippen LogP contribution in [0.25, 0.3) is 6.08 Å². The fourth-order valence-electron chi connectivity index (χ4n) is 3.08. The molecule has 124 valence electrons. The second-order valence-electron chi connectivity index (χ2n) is 6.30. The van der Waals surface area contributed by atoms with Crippen molar-refractivity contribution in [3.63, 3.8) is 0 Å². The lowest BCUT2D eigenvalue weighted by molar-refractivity contribution is 0.167. The van der Waals surface area contributed by atoms with Gasteiger partial charge in [-0.1, -0.05) is 43.0 Å². The summed E-state index contributed by atoms with van der Waals surface area (Å²) in [5.41, 5.74) is 5.11. The van der Waals surface area contributed by atoms with Crippen LogP contribution in [0.5, 0.6) is 0 Å². The van der Waals surface area contributed by atoms with Crippen LogP contribution < -0.4 is 0 Å². The molecule has 1 aromatic carbocycles. The maximum atomic E-state index is 4.28. The Morgan fingerprint density at radius 2 is 1.71 bits per heavy atom. The Kier molecular flexibility index (Phi) is 5.44. The fourth-order valence-corrected chi connectivity index (χ4v) is 3.08. The molecule has 1 fully saturated rings. The van der Waals surface area contributed by atoms with Crippen molar-refractivity contribution in [1.29, 1.82) is 0 Å². The van der Waals surface area contributed by atoms with Gasteiger partial charge in [0.25, 0.3) is 0 Å². The molecule has 0 amide bonds. The second-order valence-corrected chi connectivity index (χ2v) is 6.30. The van der Waals surface area contributed by atoms with Crippen LogP contribution in [-0.2, 0) is 13.1 Å². The van der Waals surface area contributed by atoms with Gasteiger partial charge in [-0.2, -0.15) is 0 Å². The summed E-state index contributed by atoms with van der Waals surface area (Å²) < 4.78 is 0. The number of piperazine rings is 1. The molecule has 0 N–H and O–H groups in total. The van der Waals surface area contributed by atoms with Crippen LogP contribution >= 0.6 is 0 Å². The largest absolute Gasteiger partial charge is 0.369 e. The van der Waals surface area contributed by atoms with Gasteiger partial charge in [-0.25, -0.2) is 0 Å². The van der Waals surface area contributed by atoms with Gasteiger partial charge in [0.1, 0.15) is 0 Å². The van der Waals surface area contributed by atoms with Gasteiger partial charge in [0.15, 0.2) is 0 Å². The molecule has 1 saturated heterocycles. The van der Waals surface area contributed by atoms with E-state index in [0.29, 0.717) is 0 Å². The van der Waals surface area contributed by atoms with Gasteiger partial charge in [-0.15, -0.1) is 0 Å². The molecule has 2 aromatic rings. The Hall–Kier alpha value is -2.39. The number of benzene rings is 1. The molecule has 3 rings (SSSR count). The van der Waals surface area contributed by atoms with E-state index >= 15 is 0 Å². The van der Waals surface area contributed by atoms with E-state index in [2.05, 4.69) is 69.9 Å². The number of rotatable bonds is 5. The zero-order valence-corrected chi connectivity index (χ0v) is 14.4. The van der Waals surface area contributed by atoms with Gasteiger partial charge in [-0.3, -0.25) is 9.88 Å². The Morgan fingerprint density at radius 1 is 1.00 bits per heavy atom. The average Bonchev–Trinajstić information content (AvgIpc) is 2.60. The molecule has 0 spiro atoms. The molecular weight excluding hydrogens is 294 g/mol. The summed E-state index contributed by atoms with van der Waals surface area (Å²) in [7, 11) is 0. The van der Waals surface area contributed by atoms with E-state index in [4.69, 9.17) is 0 Å². The van der Waals surface area contributed by atoms with Gasteiger partial charge < -0.3 is 4.90 Å². The first-order valence-electron chi connectivity index (χ1n) is 8.50. The molecule has 1 aromatic heterocycles. The lowest BCUT2D eigenvalue weighted by atomic mass is 10.1. The zero-order valence-electron chi connectivity index (χ0n) is 14.4. The molecule has 2 heterocycles. The smallest absolute Gasteiger partial charge is 0.0428 e. The normalized spacial score (nSPS) is 16.0. The standard InChI is InChI=1S/C21H25N3/c1-3-4-19-5-7-20(8-6-19)16-23-13-14-24(18(2)15-23)17-21-9-11-22-12-10-21/h3-12H,2,13-17H2,1H3. The summed E-state index contributed by atoms with van der Waals surface area (Å²) >= 11 is 0. The van der Waals surface area contributed by atoms with Gasteiger partial charge in [0.2, 0.25) is 0 Å². The minimum Gasteiger partial charge on any atom is -0.369 e. The summed E-state index contributed by atoms with van der Waals surface area (Å²) in [5, 5.41) is 0. The topological polar surface area (TPSA) is 19.4 Å². The quantitative estimate of drug-likeness (QED) is 0.832. The maximum absolute atomic E-state index is 4.28. The minimum atomic E-state index is 0.924. The Morgan fingerprint density at radius 3 is 2.38 bits per heavy atom. The van der Waals surface area contributed by atoms with Gasteiger partial charge in [0.05, 0.1) is 0 Å². The van der Waals surface area contributed by atoms with E-state index in [1.54, 1.807) is 0 Å². The number of hydrogen-bond acceptors (Lipinski definition) is 3. The van der Waals surface area contributed by atoms with E-state index in [1.807, 2.05) is 19.3 Å². The third-order valence-electron chi connectivity index (χ3n) is 4.41. The number of nitrogens with zero attached hydrogens (tertiary/aromatic N) is 3. The molecular formula is C21H25N3. The number of hydrogen-bond donors (Lipinski definition) is 0. The number of allylic oxidation sites excluding steroid dienone is 1. The highest BCUT2D eigenvalue weighted by atomic mass is 15.3. The Bertz CT molecular complexity index is 689. The van der Waals surface area contributed by atoms with Crippen molar-refractivity contribution >= 4 is 6.08 Å². The fraction of sp³-hybridized carbons (Fsp3) is 0.286. The highest BCUT2D eigenvalue weighted by Crippen LogP contribution is 2.17. The molecule has 0 atom stereocenters. The molecule has 1 aliphatic rings. The highest BCUT2D eigenvalue weighted by Gasteiger charge is 2.19. The maximum Gasteiger partial charge on any atom is 0.0428 e. The van der Waals surface area contributed by atoms with Gasteiger partial charge in [-0.05, 0) is 35.7 Å². The first-order chi connectivity index (χ1) is 11.7. The van der Waals surface area contributed by atoms with Crippen LogP contribution in [0, 0.1) is 0 Å². The molecule has 0 unspecified atom stereocenters. The van der Waals surface area contributed by atoms with Crippen molar-refractivity contribution in [2.24, 2.45) is 0 Å². The lowest BCUT2D eigenvalue weighted by Gasteiger charge is -2.37. The molecule has 0 aliphatic carbocycles. The van der Waals surface area contributed by atoms with E-state index in [1.165, 1.54) is 22.4 Å². The zero-order chi connectivity index (χ0) is 16.8. The van der Waals surface area contributed by atoms with Crippen LogP contribution in [0.15, 0.2) is 67.1 Å². The molecule has 0 bridgehead atoms. The Labute approximate surface area is 144 Å². The van der Waals surface area contributed by atoms with Crippen LogP contribution in [0.1, 0.15) is 23.6 Å². The van der Waals surface area contributed by atoms with Crippen LogP contribution in [-0.4, -0.2) is 34.4 Å². The Balaban J connectivity index is 1.54. The van der Waals surface area contributed by atoms with Crippen molar-refractivity contribution in [2.45, 2.75) is 20.0 Å². The lowest BCUT2D eigenvalue weighted by Crippen LogP contribution is -2.43. The summed E-state index contributed by atoms with van der Waals surface area (Å²) in [6.07, 6.45) is 7.90. The second kappa shape index (κ2) is 7.93.